The second kappa shape index (κ2) is 9.93. The zero-order valence-corrected chi connectivity index (χ0v) is 18.6. The number of hydrogen-bond donors (Lipinski definition) is 0. The van der Waals surface area contributed by atoms with Crippen molar-refractivity contribution in [2.24, 2.45) is 0 Å². The minimum Gasteiger partial charge on any atom is -0.378 e. The Morgan fingerprint density at radius 1 is 1.07 bits per heavy atom. The Balaban J connectivity index is 1.84. The minimum absolute atomic E-state index is 0.168. The average molecular weight is 405 g/mol. The van der Waals surface area contributed by atoms with E-state index in [-0.39, 0.29) is 5.78 Å². The molecule has 1 aliphatic rings. The highest BCUT2D eigenvalue weighted by molar-refractivity contribution is 6.03. The van der Waals surface area contributed by atoms with Gasteiger partial charge in [0.2, 0.25) is 0 Å². The molecule has 2 aromatic carbocycles. The topological polar surface area (TPSA) is 32.8 Å². The predicted molar refractivity (Wildman–Crippen MR) is 123 cm³/mol. The van der Waals surface area contributed by atoms with E-state index < -0.39 is 5.54 Å². The number of ketones is 1. The van der Waals surface area contributed by atoms with Crippen LogP contribution in [0, 0.1) is 11.8 Å². The Labute approximate surface area is 180 Å². The third kappa shape index (κ3) is 4.75. The molecular weight excluding hydrogens is 372 g/mol. The van der Waals surface area contributed by atoms with Crippen LogP contribution in [-0.4, -0.2) is 56.6 Å². The summed E-state index contributed by atoms with van der Waals surface area (Å²) in [7, 11) is 4.00. The number of hydrogen-bond acceptors (Lipinski definition) is 4. The third-order valence-electron chi connectivity index (χ3n) is 6.09. The molecule has 0 N–H and O–H groups in total. The number of rotatable bonds is 7. The van der Waals surface area contributed by atoms with Gasteiger partial charge in [-0.15, -0.1) is 5.92 Å². The molecule has 1 aliphatic heterocycles. The van der Waals surface area contributed by atoms with Crippen LogP contribution < -0.4 is 4.90 Å². The van der Waals surface area contributed by atoms with Crippen LogP contribution in [0.3, 0.4) is 0 Å². The first kappa shape index (κ1) is 22.1. The number of Topliss-reactive ketones (excluding diaryl/α,β-unsaturated/α-hetero) is 1. The molecule has 1 saturated heterocycles. The number of carbonyl (C=O) groups is 1. The van der Waals surface area contributed by atoms with Gasteiger partial charge in [0, 0.05) is 29.9 Å². The van der Waals surface area contributed by atoms with Crippen LogP contribution >= 0.6 is 0 Å². The van der Waals surface area contributed by atoms with Crippen LogP contribution in [0.25, 0.3) is 0 Å². The molecule has 4 nitrogen and oxygen atoms in total. The summed E-state index contributed by atoms with van der Waals surface area (Å²) in [6.45, 7) is 7.22. The maximum atomic E-state index is 13.7. The number of morpholine rings is 1. The second-order valence-corrected chi connectivity index (χ2v) is 8.00. The van der Waals surface area contributed by atoms with E-state index in [1.807, 2.05) is 45.3 Å². The lowest BCUT2D eigenvalue weighted by atomic mass is 9.80. The largest absolute Gasteiger partial charge is 0.378 e. The summed E-state index contributed by atoms with van der Waals surface area (Å²) in [5.41, 5.74) is 3.47. The highest BCUT2D eigenvalue weighted by Gasteiger charge is 2.39. The van der Waals surface area contributed by atoms with E-state index in [0.717, 1.165) is 55.1 Å². The van der Waals surface area contributed by atoms with Crippen molar-refractivity contribution in [1.82, 2.24) is 4.90 Å². The highest BCUT2D eigenvalue weighted by Crippen LogP contribution is 2.29. The van der Waals surface area contributed by atoms with Crippen LogP contribution in [0.5, 0.6) is 0 Å². The zero-order chi connectivity index (χ0) is 21.6. The Bertz CT molecular complexity index is 901. The SMILES string of the molecule is CC#Cc1ccc(CC(CC)(C(=O)c2ccc(N3CCOCC3)cc2)N(C)C)cc1. The standard InChI is InChI=1S/C26H32N2O2/c1-5-7-21-8-10-22(11-9-21)20-26(6-2,27(3)4)25(29)23-12-14-24(15-13-23)28-16-18-30-19-17-28/h8-15H,6,16-20H2,1-4H3. The van der Waals surface area contributed by atoms with E-state index in [1.54, 1.807) is 0 Å². The summed E-state index contributed by atoms with van der Waals surface area (Å²) in [5, 5.41) is 0. The van der Waals surface area contributed by atoms with Crippen molar-refractivity contribution >= 4 is 11.5 Å². The summed E-state index contributed by atoms with van der Waals surface area (Å²) in [4.78, 5) is 18.1. The first-order chi connectivity index (χ1) is 14.5. The lowest BCUT2D eigenvalue weighted by Gasteiger charge is -2.38. The van der Waals surface area contributed by atoms with E-state index in [0.29, 0.717) is 6.42 Å². The van der Waals surface area contributed by atoms with Gasteiger partial charge in [-0.1, -0.05) is 25.0 Å². The Hall–Kier alpha value is -2.61. The fourth-order valence-electron chi connectivity index (χ4n) is 4.15. The molecule has 3 rings (SSSR count). The van der Waals surface area contributed by atoms with Gasteiger partial charge < -0.3 is 9.64 Å². The normalized spacial score (nSPS) is 16.0. The van der Waals surface area contributed by atoms with E-state index in [2.05, 4.69) is 52.8 Å². The first-order valence-corrected chi connectivity index (χ1v) is 10.7. The van der Waals surface area contributed by atoms with Crippen LogP contribution in [-0.2, 0) is 11.2 Å². The molecule has 0 radical (unpaired) electrons. The summed E-state index contributed by atoms with van der Waals surface area (Å²) in [6, 6.07) is 16.3. The van der Waals surface area contributed by atoms with E-state index in [9.17, 15) is 4.79 Å². The smallest absolute Gasteiger partial charge is 0.183 e. The number of ether oxygens (including phenoxy) is 1. The van der Waals surface area contributed by atoms with Crippen molar-refractivity contribution in [3.63, 3.8) is 0 Å². The monoisotopic (exact) mass is 404 g/mol. The molecule has 0 saturated carbocycles. The minimum atomic E-state index is -0.585. The molecule has 1 heterocycles. The van der Waals surface area contributed by atoms with Crippen molar-refractivity contribution in [2.45, 2.75) is 32.2 Å². The van der Waals surface area contributed by atoms with Gasteiger partial charge in [-0.05, 0) is 75.8 Å². The molecule has 0 aromatic heterocycles. The lowest BCUT2D eigenvalue weighted by Crippen LogP contribution is -2.52. The molecule has 1 atom stereocenters. The molecule has 4 heteroatoms. The van der Waals surface area contributed by atoms with Crippen LogP contribution in [0.2, 0.25) is 0 Å². The van der Waals surface area contributed by atoms with Crippen molar-refractivity contribution in [1.29, 1.82) is 0 Å². The van der Waals surface area contributed by atoms with Gasteiger partial charge in [0.05, 0.1) is 18.8 Å². The zero-order valence-electron chi connectivity index (χ0n) is 18.6. The summed E-state index contributed by atoms with van der Waals surface area (Å²) in [6.07, 6.45) is 1.40. The molecule has 0 bridgehead atoms. The van der Waals surface area contributed by atoms with Crippen molar-refractivity contribution < 1.29 is 9.53 Å². The molecule has 1 unspecified atom stereocenters. The molecule has 1 fully saturated rings. The molecular formula is C26H32N2O2. The highest BCUT2D eigenvalue weighted by atomic mass is 16.5. The van der Waals surface area contributed by atoms with E-state index in [4.69, 9.17) is 4.74 Å². The maximum Gasteiger partial charge on any atom is 0.183 e. The lowest BCUT2D eigenvalue weighted by molar-refractivity contribution is 0.0666. The molecule has 0 aliphatic carbocycles. The summed E-state index contributed by atoms with van der Waals surface area (Å²) in [5.74, 6) is 6.17. The van der Waals surface area contributed by atoms with Gasteiger partial charge in [-0.3, -0.25) is 9.69 Å². The van der Waals surface area contributed by atoms with E-state index in [1.165, 1.54) is 0 Å². The number of benzene rings is 2. The second-order valence-electron chi connectivity index (χ2n) is 8.00. The molecule has 2 aromatic rings. The first-order valence-electron chi connectivity index (χ1n) is 10.7. The van der Waals surface area contributed by atoms with Crippen molar-refractivity contribution in [2.75, 3.05) is 45.3 Å². The van der Waals surface area contributed by atoms with Gasteiger partial charge in [0.25, 0.3) is 0 Å². The van der Waals surface area contributed by atoms with Gasteiger partial charge in [-0.2, -0.15) is 0 Å². The van der Waals surface area contributed by atoms with E-state index >= 15 is 0 Å². The molecule has 0 spiro atoms. The quantitative estimate of drug-likeness (QED) is 0.515. The Kier molecular flexibility index (Phi) is 7.31. The van der Waals surface area contributed by atoms with Crippen LogP contribution in [0.15, 0.2) is 48.5 Å². The molecule has 158 valence electrons. The maximum absolute atomic E-state index is 13.7. The average Bonchev–Trinajstić information content (AvgIpc) is 2.79. The fraction of sp³-hybridized carbons (Fsp3) is 0.423. The fourth-order valence-corrected chi connectivity index (χ4v) is 4.15. The Morgan fingerprint density at radius 3 is 2.23 bits per heavy atom. The molecule has 30 heavy (non-hydrogen) atoms. The predicted octanol–water partition coefficient (Wildman–Crippen LogP) is 4.03. The van der Waals surface area contributed by atoms with Gasteiger partial charge in [-0.25, -0.2) is 0 Å². The van der Waals surface area contributed by atoms with Crippen molar-refractivity contribution in [3.8, 4) is 11.8 Å². The summed E-state index contributed by atoms with van der Waals surface area (Å²) < 4.78 is 5.44. The number of likely N-dealkylation sites (N-methyl/N-ethyl adjacent to an activating group) is 1. The number of anilines is 1. The van der Waals surface area contributed by atoms with Gasteiger partial charge >= 0.3 is 0 Å². The number of nitrogens with zero attached hydrogens (tertiary/aromatic N) is 2. The van der Waals surface area contributed by atoms with Gasteiger partial charge in [0.15, 0.2) is 5.78 Å². The van der Waals surface area contributed by atoms with Crippen LogP contribution in [0.1, 0.15) is 41.8 Å². The number of carbonyl (C=O) groups excluding carboxylic acids is 1. The van der Waals surface area contributed by atoms with Gasteiger partial charge in [0.1, 0.15) is 0 Å². The molecule has 0 amide bonds. The summed E-state index contributed by atoms with van der Waals surface area (Å²) >= 11 is 0. The Morgan fingerprint density at radius 2 is 1.70 bits per heavy atom. The van der Waals surface area contributed by atoms with Crippen molar-refractivity contribution in [3.05, 3.63) is 65.2 Å². The van der Waals surface area contributed by atoms with Crippen LogP contribution in [0.4, 0.5) is 5.69 Å². The third-order valence-corrected chi connectivity index (χ3v) is 6.09.